The molecule has 0 radical (unpaired) electrons. The van der Waals surface area contributed by atoms with Gasteiger partial charge in [-0.05, 0) is 36.8 Å². The van der Waals surface area contributed by atoms with E-state index in [1.807, 2.05) is 0 Å². The van der Waals surface area contributed by atoms with Gasteiger partial charge in [-0.1, -0.05) is 18.2 Å². The molecular formula is C19H21FN2O3S. The van der Waals surface area contributed by atoms with Crippen LogP contribution in [0.15, 0.2) is 29.6 Å². The zero-order chi connectivity index (χ0) is 18.5. The molecule has 1 N–H and O–H groups in total. The topological polar surface area (TPSA) is 70.5 Å². The van der Waals surface area contributed by atoms with E-state index < -0.39 is 5.97 Å². The summed E-state index contributed by atoms with van der Waals surface area (Å²) in [5.41, 5.74) is 0.952. The number of halogens is 1. The van der Waals surface area contributed by atoms with E-state index in [-0.39, 0.29) is 24.1 Å². The van der Waals surface area contributed by atoms with E-state index in [1.165, 1.54) is 17.4 Å². The van der Waals surface area contributed by atoms with Gasteiger partial charge in [0, 0.05) is 31.3 Å². The first-order valence-electron chi connectivity index (χ1n) is 8.72. The third-order valence-electron chi connectivity index (χ3n) is 4.64. The highest BCUT2D eigenvalue weighted by molar-refractivity contribution is 7.09. The number of amides is 1. The summed E-state index contributed by atoms with van der Waals surface area (Å²) in [6.45, 7) is 1.24. The lowest BCUT2D eigenvalue weighted by Crippen LogP contribution is -2.40. The Labute approximate surface area is 155 Å². The van der Waals surface area contributed by atoms with Crippen molar-refractivity contribution in [3.05, 3.63) is 51.7 Å². The van der Waals surface area contributed by atoms with Gasteiger partial charge in [0.05, 0.1) is 5.01 Å². The molecule has 5 nitrogen and oxygen atoms in total. The fraction of sp³-hybridized carbons (Fsp3) is 0.421. The maximum atomic E-state index is 13.8. The van der Waals surface area contributed by atoms with E-state index in [1.54, 1.807) is 28.5 Å². The van der Waals surface area contributed by atoms with E-state index in [0.717, 1.165) is 12.8 Å². The first-order chi connectivity index (χ1) is 12.5. The molecule has 0 bridgehead atoms. The molecule has 1 fully saturated rings. The molecule has 2 aromatic rings. The van der Waals surface area contributed by atoms with Crippen LogP contribution in [0.5, 0.6) is 0 Å². The lowest BCUT2D eigenvalue weighted by Gasteiger charge is -2.32. The zero-order valence-corrected chi connectivity index (χ0v) is 15.2. The molecule has 1 aliphatic heterocycles. The first-order valence-corrected chi connectivity index (χ1v) is 9.60. The number of thiazole rings is 1. The number of hydrogen-bond acceptors (Lipinski definition) is 4. The van der Waals surface area contributed by atoms with E-state index >= 15 is 0 Å². The average molecular weight is 376 g/mol. The fourth-order valence-corrected chi connectivity index (χ4v) is 4.06. The number of carbonyl (C=O) groups is 2. The van der Waals surface area contributed by atoms with Gasteiger partial charge in [-0.15, -0.1) is 11.3 Å². The molecular weight excluding hydrogens is 355 g/mol. The number of rotatable bonds is 6. The number of carboxylic acids is 1. The molecule has 0 saturated carbocycles. The van der Waals surface area contributed by atoms with Crippen molar-refractivity contribution in [3.8, 4) is 0 Å². The maximum absolute atomic E-state index is 13.8. The minimum Gasteiger partial charge on any atom is -0.481 e. The van der Waals surface area contributed by atoms with Crippen LogP contribution in [0.2, 0.25) is 0 Å². The van der Waals surface area contributed by atoms with Gasteiger partial charge in [0.1, 0.15) is 11.5 Å². The van der Waals surface area contributed by atoms with Crippen molar-refractivity contribution in [1.29, 1.82) is 0 Å². The molecule has 1 aromatic heterocycles. The normalized spacial score (nSPS) is 17.3. The summed E-state index contributed by atoms with van der Waals surface area (Å²) in [6, 6.07) is 6.56. The number of piperidine rings is 1. The van der Waals surface area contributed by atoms with E-state index in [0.29, 0.717) is 42.2 Å². The molecule has 26 heavy (non-hydrogen) atoms. The number of nitrogens with zero attached hydrogens (tertiary/aromatic N) is 2. The Morgan fingerprint density at radius 2 is 2.15 bits per heavy atom. The summed E-state index contributed by atoms with van der Waals surface area (Å²) in [5, 5.41) is 11.3. The Bertz CT molecular complexity index is 793. The molecule has 2 heterocycles. The molecule has 3 rings (SSSR count). The quantitative estimate of drug-likeness (QED) is 0.836. The maximum Gasteiger partial charge on any atom is 0.303 e. The van der Waals surface area contributed by atoms with Gasteiger partial charge in [0.15, 0.2) is 0 Å². The van der Waals surface area contributed by atoms with Crippen LogP contribution < -0.4 is 0 Å². The predicted molar refractivity (Wildman–Crippen MR) is 96.8 cm³/mol. The van der Waals surface area contributed by atoms with Gasteiger partial charge in [0.25, 0.3) is 5.91 Å². The van der Waals surface area contributed by atoms with Crippen molar-refractivity contribution in [1.82, 2.24) is 9.88 Å². The van der Waals surface area contributed by atoms with Crippen molar-refractivity contribution in [2.45, 2.75) is 32.1 Å². The van der Waals surface area contributed by atoms with Gasteiger partial charge in [-0.25, -0.2) is 9.37 Å². The molecule has 0 unspecified atom stereocenters. The molecule has 1 saturated heterocycles. The van der Waals surface area contributed by atoms with Crippen LogP contribution >= 0.6 is 11.3 Å². The molecule has 138 valence electrons. The number of aromatic nitrogens is 1. The van der Waals surface area contributed by atoms with E-state index in [2.05, 4.69) is 4.98 Å². The lowest BCUT2D eigenvalue weighted by atomic mass is 9.93. The summed E-state index contributed by atoms with van der Waals surface area (Å²) in [6.07, 6.45) is 2.92. The second-order valence-electron chi connectivity index (χ2n) is 6.59. The summed E-state index contributed by atoms with van der Waals surface area (Å²) < 4.78 is 13.8. The standard InChI is InChI=1S/C19H21FN2O3S/c20-15-6-2-1-5-14(15)10-17-21-16(12-26-17)19(25)22-9-3-4-13(11-22)7-8-18(23)24/h1-2,5-6,12-13H,3-4,7-11H2,(H,23,24)/t13-/m0/s1. The first kappa shape index (κ1) is 18.5. The summed E-state index contributed by atoms with van der Waals surface area (Å²) >= 11 is 1.36. The van der Waals surface area contributed by atoms with Gasteiger partial charge < -0.3 is 10.0 Å². The minimum absolute atomic E-state index is 0.124. The molecule has 1 aliphatic rings. The number of aliphatic carboxylic acids is 1. The highest BCUT2D eigenvalue weighted by atomic mass is 32.1. The van der Waals surface area contributed by atoms with E-state index in [4.69, 9.17) is 5.11 Å². The number of carboxylic acid groups (broad SMARTS) is 1. The van der Waals surface area contributed by atoms with Crippen LogP contribution in [0.1, 0.15) is 46.7 Å². The monoisotopic (exact) mass is 376 g/mol. The predicted octanol–water partition coefficient (Wildman–Crippen LogP) is 3.59. The van der Waals surface area contributed by atoms with Crippen molar-refractivity contribution < 1.29 is 19.1 Å². The second kappa shape index (κ2) is 8.40. The van der Waals surface area contributed by atoms with Crippen LogP contribution in [-0.2, 0) is 11.2 Å². The number of carbonyl (C=O) groups excluding carboxylic acids is 1. The Balaban J connectivity index is 1.62. The van der Waals surface area contributed by atoms with Gasteiger partial charge in [0.2, 0.25) is 0 Å². The fourth-order valence-electron chi connectivity index (χ4n) is 3.27. The molecule has 1 aromatic carbocycles. The van der Waals surface area contributed by atoms with Gasteiger partial charge in [-0.2, -0.15) is 0 Å². The summed E-state index contributed by atoms with van der Waals surface area (Å²) in [4.78, 5) is 29.6. The molecule has 7 heteroatoms. The molecule has 1 atom stereocenters. The lowest BCUT2D eigenvalue weighted by molar-refractivity contribution is -0.137. The van der Waals surface area contributed by atoms with Crippen LogP contribution in [0.25, 0.3) is 0 Å². The van der Waals surface area contributed by atoms with Crippen LogP contribution in [-0.4, -0.2) is 40.0 Å². The van der Waals surface area contributed by atoms with Crippen LogP contribution in [0, 0.1) is 11.7 Å². The molecule has 1 amide bonds. The minimum atomic E-state index is -0.800. The van der Waals surface area contributed by atoms with Crippen LogP contribution in [0.3, 0.4) is 0 Å². The number of hydrogen-bond donors (Lipinski definition) is 1. The van der Waals surface area contributed by atoms with E-state index in [9.17, 15) is 14.0 Å². The van der Waals surface area contributed by atoms with Gasteiger partial charge >= 0.3 is 5.97 Å². The summed E-state index contributed by atoms with van der Waals surface area (Å²) in [7, 11) is 0. The van der Waals surface area contributed by atoms with Crippen molar-refractivity contribution >= 4 is 23.2 Å². The van der Waals surface area contributed by atoms with Crippen molar-refractivity contribution in [2.24, 2.45) is 5.92 Å². The Morgan fingerprint density at radius 3 is 2.92 bits per heavy atom. The highest BCUT2D eigenvalue weighted by Gasteiger charge is 2.26. The molecule has 0 spiro atoms. The van der Waals surface area contributed by atoms with Crippen LogP contribution in [0.4, 0.5) is 4.39 Å². The number of likely N-dealkylation sites (tertiary alicyclic amines) is 1. The Hall–Kier alpha value is -2.28. The Morgan fingerprint density at radius 1 is 1.35 bits per heavy atom. The SMILES string of the molecule is O=C(O)CC[C@@H]1CCCN(C(=O)c2csc(Cc3ccccc3F)n2)C1. The van der Waals surface area contributed by atoms with Crippen molar-refractivity contribution in [2.75, 3.05) is 13.1 Å². The largest absolute Gasteiger partial charge is 0.481 e. The Kier molecular flexibility index (Phi) is 5.98. The summed E-state index contributed by atoms with van der Waals surface area (Å²) in [5.74, 6) is -0.972. The van der Waals surface area contributed by atoms with Gasteiger partial charge in [-0.3, -0.25) is 9.59 Å². The zero-order valence-electron chi connectivity index (χ0n) is 14.4. The smallest absolute Gasteiger partial charge is 0.303 e. The van der Waals surface area contributed by atoms with Crippen molar-refractivity contribution in [3.63, 3.8) is 0 Å². The average Bonchev–Trinajstić information content (AvgIpc) is 3.10. The second-order valence-corrected chi connectivity index (χ2v) is 7.53. The third-order valence-corrected chi connectivity index (χ3v) is 5.49. The third kappa shape index (κ3) is 4.66. The highest BCUT2D eigenvalue weighted by Crippen LogP contribution is 2.24. The number of benzene rings is 1. The molecule has 0 aliphatic carbocycles.